The first-order valence-electron chi connectivity index (χ1n) is 10.7. The average Bonchev–Trinajstić information content (AvgIpc) is 2.68. The van der Waals surface area contributed by atoms with Crippen LogP contribution < -0.4 is 0 Å². The number of ether oxygens (including phenoxy) is 2. The topological polar surface area (TPSA) is 89.9 Å². The van der Waals surface area contributed by atoms with Gasteiger partial charge in [0.1, 0.15) is 12.2 Å². The van der Waals surface area contributed by atoms with E-state index < -0.39 is 35.7 Å². The van der Waals surface area contributed by atoms with Gasteiger partial charge in [0.15, 0.2) is 0 Å². The fourth-order valence-electron chi connectivity index (χ4n) is 4.94. The van der Waals surface area contributed by atoms with Gasteiger partial charge < -0.3 is 14.6 Å². The molecule has 3 rings (SSSR count). The summed E-state index contributed by atoms with van der Waals surface area (Å²) >= 11 is 0. The number of carboxylic acid groups (broad SMARTS) is 1. The minimum atomic E-state index is -1.09. The number of hydrogen-bond donors (Lipinski definition) is 1. The summed E-state index contributed by atoms with van der Waals surface area (Å²) in [6, 6.07) is 0. The molecule has 0 aromatic rings. The summed E-state index contributed by atoms with van der Waals surface area (Å²) in [5, 5.41) is 9.77. The van der Waals surface area contributed by atoms with Gasteiger partial charge in [0.25, 0.3) is 0 Å². The lowest BCUT2D eigenvalue weighted by Gasteiger charge is -2.35. The number of carbonyl (C=O) groups is 3. The van der Waals surface area contributed by atoms with E-state index in [2.05, 4.69) is 0 Å². The van der Waals surface area contributed by atoms with Crippen molar-refractivity contribution in [2.75, 3.05) is 0 Å². The average molecular weight is 380 g/mol. The van der Waals surface area contributed by atoms with Crippen molar-refractivity contribution >= 4 is 17.9 Å². The Labute approximate surface area is 161 Å². The molecule has 0 aliphatic heterocycles. The molecule has 6 heteroatoms. The number of rotatable bonds is 5. The molecule has 3 saturated carbocycles. The van der Waals surface area contributed by atoms with E-state index in [4.69, 9.17) is 9.47 Å². The van der Waals surface area contributed by atoms with Crippen LogP contribution in [-0.2, 0) is 23.9 Å². The molecule has 6 nitrogen and oxygen atoms in total. The van der Waals surface area contributed by atoms with Crippen molar-refractivity contribution in [3.63, 3.8) is 0 Å². The Morgan fingerprint density at radius 1 is 0.593 bits per heavy atom. The molecule has 152 valence electrons. The standard InChI is InChI=1S/C21H32O6/c22-19(23)18-16(20(24)26-14-8-3-1-4-9-14)12-7-13-17(18)21(25)27-15-10-5-2-6-11-15/h14-18H,1-13H2,(H,22,23). The fourth-order valence-corrected chi connectivity index (χ4v) is 4.94. The quantitative estimate of drug-likeness (QED) is 0.729. The first-order chi connectivity index (χ1) is 13.1. The molecule has 27 heavy (non-hydrogen) atoms. The van der Waals surface area contributed by atoms with Gasteiger partial charge in [-0.25, -0.2) is 0 Å². The maximum Gasteiger partial charge on any atom is 0.310 e. The van der Waals surface area contributed by atoms with Crippen molar-refractivity contribution < 1.29 is 29.0 Å². The van der Waals surface area contributed by atoms with Gasteiger partial charge in [-0.2, -0.15) is 0 Å². The summed E-state index contributed by atoms with van der Waals surface area (Å²) < 4.78 is 11.3. The number of hydrogen-bond acceptors (Lipinski definition) is 5. The second-order valence-electron chi connectivity index (χ2n) is 8.40. The summed E-state index contributed by atoms with van der Waals surface area (Å²) in [5.41, 5.74) is 0. The first-order valence-corrected chi connectivity index (χ1v) is 10.7. The predicted octanol–water partition coefficient (Wildman–Crippen LogP) is 3.86. The number of esters is 2. The summed E-state index contributed by atoms with van der Waals surface area (Å²) in [7, 11) is 0. The maximum absolute atomic E-state index is 12.7. The molecule has 0 radical (unpaired) electrons. The van der Waals surface area contributed by atoms with Gasteiger partial charge in [0, 0.05) is 0 Å². The smallest absolute Gasteiger partial charge is 0.310 e. The van der Waals surface area contributed by atoms with Gasteiger partial charge in [0.05, 0.1) is 17.8 Å². The second-order valence-corrected chi connectivity index (χ2v) is 8.40. The molecule has 0 heterocycles. The molecular formula is C21H32O6. The molecule has 3 aliphatic carbocycles. The van der Waals surface area contributed by atoms with Crippen molar-refractivity contribution in [3.05, 3.63) is 0 Å². The zero-order valence-electron chi connectivity index (χ0n) is 16.1. The predicted molar refractivity (Wildman–Crippen MR) is 97.9 cm³/mol. The Bertz CT molecular complexity index is 493. The van der Waals surface area contributed by atoms with Crippen molar-refractivity contribution in [3.8, 4) is 0 Å². The van der Waals surface area contributed by atoms with Gasteiger partial charge in [-0.15, -0.1) is 0 Å². The molecular weight excluding hydrogens is 348 g/mol. The van der Waals surface area contributed by atoms with E-state index in [1.54, 1.807) is 0 Å². The Kier molecular flexibility index (Phi) is 7.13. The molecule has 0 bridgehead atoms. The van der Waals surface area contributed by atoms with Crippen molar-refractivity contribution in [2.24, 2.45) is 17.8 Å². The van der Waals surface area contributed by atoms with Crippen molar-refractivity contribution in [2.45, 2.75) is 95.7 Å². The summed E-state index contributed by atoms with van der Waals surface area (Å²) in [4.78, 5) is 37.4. The molecule has 3 fully saturated rings. The van der Waals surface area contributed by atoms with Crippen molar-refractivity contribution in [1.29, 1.82) is 0 Å². The van der Waals surface area contributed by atoms with Crippen LogP contribution >= 0.6 is 0 Å². The molecule has 0 aromatic heterocycles. The van der Waals surface area contributed by atoms with E-state index in [0.29, 0.717) is 19.3 Å². The molecule has 0 spiro atoms. The Morgan fingerprint density at radius 2 is 1.00 bits per heavy atom. The van der Waals surface area contributed by atoms with Gasteiger partial charge in [-0.3, -0.25) is 14.4 Å². The Balaban J connectivity index is 1.64. The van der Waals surface area contributed by atoms with Crippen LogP contribution in [0.3, 0.4) is 0 Å². The van der Waals surface area contributed by atoms with E-state index in [9.17, 15) is 19.5 Å². The first kappa shape index (κ1) is 20.2. The number of carboxylic acids is 1. The Hall–Kier alpha value is -1.59. The molecule has 0 amide bonds. The molecule has 0 saturated heterocycles. The third-order valence-corrected chi connectivity index (χ3v) is 6.46. The molecule has 2 unspecified atom stereocenters. The second kappa shape index (κ2) is 9.56. The van der Waals surface area contributed by atoms with Gasteiger partial charge >= 0.3 is 17.9 Å². The maximum atomic E-state index is 12.7. The zero-order chi connectivity index (χ0) is 19.2. The van der Waals surface area contributed by atoms with Crippen LogP contribution in [0.15, 0.2) is 0 Å². The van der Waals surface area contributed by atoms with Crippen LogP contribution in [0.25, 0.3) is 0 Å². The van der Waals surface area contributed by atoms with Crippen LogP contribution in [0.1, 0.15) is 83.5 Å². The number of aliphatic carboxylic acids is 1. The van der Waals surface area contributed by atoms with Crippen LogP contribution in [0.4, 0.5) is 0 Å². The molecule has 3 aliphatic rings. The third-order valence-electron chi connectivity index (χ3n) is 6.46. The number of carbonyl (C=O) groups excluding carboxylic acids is 2. The SMILES string of the molecule is O=C(OC1CCCCC1)C1CCCC(C(=O)OC2CCCCC2)C1C(=O)O. The zero-order valence-corrected chi connectivity index (χ0v) is 16.1. The van der Waals surface area contributed by atoms with E-state index in [-0.39, 0.29) is 12.2 Å². The highest BCUT2D eigenvalue weighted by atomic mass is 16.5. The van der Waals surface area contributed by atoms with Crippen molar-refractivity contribution in [1.82, 2.24) is 0 Å². The van der Waals surface area contributed by atoms with Gasteiger partial charge in [0.2, 0.25) is 0 Å². The van der Waals surface area contributed by atoms with Crippen LogP contribution in [0.2, 0.25) is 0 Å². The Morgan fingerprint density at radius 3 is 1.37 bits per heavy atom. The minimum absolute atomic E-state index is 0.102. The normalized spacial score (nSPS) is 30.4. The third kappa shape index (κ3) is 5.23. The fraction of sp³-hybridized carbons (Fsp3) is 0.857. The summed E-state index contributed by atoms with van der Waals surface area (Å²) in [6.07, 6.45) is 11.3. The molecule has 0 aromatic carbocycles. The molecule has 2 atom stereocenters. The van der Waals surface area contributed by atoms with Gasteiger partial charge in [-0.05, 0) is 64.2 Å². The van der Waals surface area contributed by atoms with Crippen LogP contribution in [-0.4, -0.2) is 35.2 Å². The lowest BCUT2D eigenvalue weighted by molar-refractivity contribution is -0.174. The highest BCUT2D eigenvalue weighted by Gasteiger charge is 2.47. The highest BCUT2D eigenvalue weighted by molar-refractivity contribution is 5.87. The van der Waals surface area contributed by atoms with E-state index >= 15 is 0 Å². The lowest BCUT2D eigenvalue weighted by Crippen LogP contribution is -2.44. The monoisotopic (exact) mass is 380 g/mol. The van der Waals surface area contributed by atoms with Crippen LogP contribution in [0, 0.1) is 17.8 Å². The molecule has 1 N–H and O–H groups in total. The highest BCUT2D eigenvalue weighted by Crippen LogP contribution is 2.38. The lowest BCUT2D eigenvalue weighted by atomic mass is 9.71. The van der Waals surface area contributed by atoms with E-state index in [0.717, 1.165) is 64.2 Å². The van der Waals surface area contributed by atoms with E-state index in [1.165, 1.54) is 0 Å². The van der Waals surface area contributed by atoms with Gasteiger partial charge in [-0.1, -0.05) is 19.3 Å². The van der Waals surface area contributed by atoms with E-state index in [1.807, 2.05) is 0 Å². The summed E-state index contributed by atoms with van der Waals surface area (Å²) in [5.74, 6) is -4.50. The minimum Gasteiger partial charge on any atom is -0.481 e. The largest absolute Gasteiger partial charge is 0.481 e. The van der Waals surface area contributed by atoms with Crippen LogP contribution in [0.5, 0.6) is 0 Å². The summed E-state index contributed by atoms with van der Waals surface area (Å²) in [6.45, 7) is 0.